The molecule has 0 unspecified atom stereocenters. The lowest BCUT2D eigenvalue weighted by atomic mass is 10.2. The van der Waals surface area contributed by atoms with Crippen LogP contribution in [0.3, 0.4) is 0 Å². The molecule has 3 amide bonds. The number of hydrogen-bond donors (Lipinski definition) is 1. The van der Waals surface area contributed by atoms with E-state index in [4.69, 9.17) is 9.15 Å². The Kier molecular flexibility index (Phi) is 6.02. The molecular weight excluding hydrogens is 302 g/mol. The Balaban J connectivity index is 1.70. The van der Waals surface area contributed by atoms with Crippen LogP contribution in [0.5, 0.6) is 0 Å². The molecule has 0 spiro atoms. The molecule has 2 rings (SSSR count). The Morgan fingerprint density at radius 3 is 2.52 bits per heavy atom. The summed E-state index contributed by atoms with van der Waals surface area (Å²) in [6.07, 6.45) is 0.950. The summed E-state index contributed by atoms with van der Waals surface area (Å²) in [6, 6.07) is 3.48. The quantitative estimate of drug-likeness (QED) is 0.801. The Morgan fingerprint density at radius 2 is 1.91 bits per heavy atom. The Labute approximate surface area is 134 Å². The topological polar surface area (TPSA) is 92.1 Å². The number of furan rings is 1. The lowest BCUT2D eigenvalue weighted by Gasteiger charge is -2.33. The summed E-state index contributed by atoms with van der Waals surface area (Å²) in [6.45, 7) is 3.98. The first-order chi connectivity index (χ1) is 11.1. The van der Waals surface area contributed by atoms with Crippen LogP contribution in [-0.4, -0.2) is 60.5 Å². The number of carbonyl (C=O) groups is 3. The highest BCUT2D eigenvalue weighted by Crippen LogP contribution is 2.06. The number of hydrogen-bond acceptors (Lipinski definition) is 5. The van der Waals surface area contributed by atoms with Crippen molar-refractivity contribution in [2.75, 3.05) is 32.8 Å². The minimum atomic E-state index is -0.365. The van der Waals surface area contributed by atoms with Crippen molar-refractivity contribution >= 4 is 17.9 Å². The van der Waals surface area contributed by atoms with Crippen molar-refractivity contribution in [3.8, 4) is 0 Å². The number of ether oxygens (including phenoxy) is 1. The average molecular weight is 323 g/mol. The molecule has 1 aromatic rings. The Hall–Kier alpha value is -2.51. The first kappa shape index (κ1) is 16.9. The van der Waals surface area contributed by atoms with Gasteiger partial charge in [0.1, 0.15) is 12.2 Å². The standard InChI is InChI=1S/C15H21N3O5/c1-2-22-15(21)18-7-5-17(6-8-18)14(20)10-13(19)16-11-12-4-3-9-23-12/h3-4,9H,2,5-8,10-11H2,1H3,(H,16,19). The van der Waals surface area contributed by atoms with Gasteiger partial charge in [-0.05, 0) is 19.1 Å². The molecule has 2 heterocycles. The molecule has 1 N–H and O–H groups in total. The van der Waals surface area contributed by atoms with Crippen LogP contribution < -0.4 is 5.32 Å². The predicted octanol–water partition coefficient (Wildman–Crippen LogP) is 0.587. The maximum absolute atomic E-state index is 12.1. The molecule has 1 saturated heterocycles. The van der Waals surface area contributed by atoms with Gasteiger partial charge in [0.15, 0.2) is 0 Å². The summed E-state index contributed by atoms with van der Waals surface area (Å²) in [4.78, 5) is 38.6. The van der Waals surface area contributed by atoms with E-state index in [2.05, 4.69) is 5.32 Å². The molecule has 0 bridgehead atoms. The maximum atomic E-state index is 12.1. The summed E-state index contributed by atoms with van der Waals surface area (Å²) in [7, 11) is 0. The van der Waals surface area contributed by atoms with Gasteiger partial charge in [0, 0.05) is 26.2 Å². The van der Waals surface area contributed by atoms with Crippen LogP contribution in [0.1, 0.15) is 19.1 Å². The van der Waals surface area contributed by atoms with E-state index in [1.54, 1.807) is 28.9 Å². The van der Waals surface area contributed by atoms with Gasteiger partial charge in [0.05, 0.1) is 19.4 Å². The Bertz CT molecular complexity index is 535. The molecule has 0 aromatic carbocycles. The van der Waals surface area contributed by atoms with E-state index in [1.165, 1.54) is 6.26 Å². The molecule has 1 aliphatic heterocycles. The highest BCUT2D eigenvalue weighted by atomic mass is 16.6. The molecule has 8 nitrogen and oxygen atoms in total. The second-order valence-electron chi connectivity index (χ2n) is 5.10. The molecule has 1 aromatic heterocycles. The zero-order chi connectivity index (χ0) is 16.7. The molecule has 0 saturated carbocycles. The van der Waals surface area contributed by atoms with Gasteiger partial charge in [-0.15, -0.1) is 0 Å². The van der Waals surface area contributed by atoms with Gasteiger partial charge in [-0.1, -0.05) is 0 Å². The van der Waals surface area contributed by atoms with Crippen molar-refractivity contribution in [3.05, 3.63) is 24.2 Å². The van der Waals surface area contributed by atoms with Crippen LogP contribution >= 0.6 is 0 Å². The minimum absolute atomic E-state index is 0.208. The van der Waals surface area contributed by atoms with E-state index < -0.39 is 0 Å². The number of amides is 3. The van der Waals surface area contributed by atoms with Crippen molar-refractivity contribution in [2.24, 2.45) is 0 Å². The summed E-state index contributed by atoms with van der Waals surface area (Å²) in [5.74, 6) is 0.0403. The van der Waals surface area contributed by atoms with E-state index in [0.717, 1.165) is 0 Å². The smallest absolute Gasteiger partial charge is 0.409 e. The van der Waals surface area contributed by atoms with Crippen LogP contribution in [0.15, 0.2) is 22.8 Å². The van der Waals surface area contributed by atoms with E-state index in [-0.39, 0.29) is 30.9 Å². The zero-order valence-corrected chi connectivity index (χ0v) is 13.1. The first-order valence-electron chi connectivity index (χ1n) is 7.58. The van der Waals surface area contributed by atoms with Crippen LogP contribution in [0.4, 0.5) is 4.79 Å². The van der Waals surface area contributed by atoms with Crippen LogP contribution in [0, 0.1) is 0 Å². The summed E-state index contributed by atoms with van der Waals surface area (Å²) < 4.78 is 10.0. The van der Waals surface area contributed by atoms with E-state index in [9.17, 15) is 14.4 Å². The molecule has 0 aliphatic carbocycles. The number of nitrogens with zero attached hydrogens (tertiary/aromatic N) is 2. The molecule has 23 heavy (non-hydrogen) atoms. The van der Waals surface area contributed by atoms with Gasteiger partial charge >= 0.3 is 6.09 Å². The van der Waals surface area contributed by atoms with Crippen molar-refractivity contribution in [1.82, 2.24) is 15.1 Å². The van der Waals surface area contributed by atoms with Crippen molar-refractivity contribution < 1.29 is 23.5 Å². The molecule has 0 atom stereocenters. The number of carbonyl (C=O) groups excluding carboxylic acids is 3. The molecular formula is C15H21N3O5. The van der Waals surface area contributed by atoms with Crippen molar-refractivity contribution in [2.45, 2.75) is 19.9 Å². The highest BCUT2D eigenvalue weighted by Gasteiger charge is 2.25. The molecule has 8 heteroatoms. The van der Waals surface area contributed by atoms with Gasteiger partial charge in [-0.3, -0.25) is 9.59 Å². The van der Waals surface area contributed by atoms with Gasteiger partial charge < -0.3 is 24.3 Å². The third-order valence-corrected chi connectivity index (χ3v) is 3.51. The van der Waals surface area contributed by atoms with Gasteiger partial charge in [0.25, 0.3) is 0 Å². The summed E-state index contributed by atoms with van der Waals surface area (Å²) in [5, 5.41) is 2.63. The zero-order valence-electron chi connectivity index (χ0n) is 13.1. The third kappa shape index (κ3) is 5.01. The molecule has 1 fully saturated rings. The second kappa shape index (κ2) is 8.21. The number of rotatable bonds is 5. The lowest BCUT2D eigenvalue weighted by Crippen LogP contribution is -2.51. The van der Waals surface area contributed by atoms with Crippen LogP contribution in [-0.2, 0) is 20.9 Å². The fraction of sp³-hybridized carbons (Fsp3) is 0.533. The third-order valence-electron chi connectivity index (χ3n) is 3.51. The van der Waals surface area contributed by atoms with Crippen molar-refractivity contribution in [1.29, 1.82) is 0 Å². The van der Waals surface area contributed by atoms with Crippen molar-refractivity contribution in [3.63, 3.8) is 0 Å². The van der Waals surface area contributed by atoms with Gasteiger partial charge in [-0.25, -0.2) is 4.79 Å². The largest absolute Gasteiger partial charge is 0.467 e. The van der Waals surface area contributed by atoms with E-state index >= 15 is 0 Å². The maximum Gasteiger partial charge on any atom is 0.409 e. The number of piperazine rings is 1. The highest BCUT2D eigenvalue weighted by molar-refractivity contribution is 5.96. The average Bonchev–Trinajstić information content (AvgIpc) is 3.07. The SMILES string of the molecule is CCOC(=O)N1CCN(C(=O)CC(=O)NCc2ccco2)CC1. The van der Waals surface area contributed by atoms with E-state index in [1.807, 2.05) is 0 Å². The number of nitrogens with one attached hydrogen (secondary N) is 1. The van der Waals surface area contributed by atoms with Gasteiger partial charge in [-0.2, -0.15) is 0 Å². The monoisotopic (exact) mass is 323 g/mol. The first-order valence-corrected chi connectivity index (χ1v) is 7.58. The minimum Gasteiger partial charge on any atom is -0.467 e. The predicted molar refractivity (Wildman–Crippen MR) is 80.3 cm³/mol. The fourth-order valence-corrected chi connectivity index (χ4v) is 2.26. The Morgan fingerprint density at radius 1 is 1.22 bits per heavy atom. The fourth-order valence-electron chi connectivity index (χ4n) is 2.26. The van der Waals surface area contributed by atoms with E-state index in [0.29, 0.717) is 38.5 Å². The lowest BCUT2D eigenvalue weighted by molar-refractivity contribution is -0.137. The summed E-state index contributed by atoms with van der Waals surface area (Å²) >= 11 is 0. The summed E-state index contributed by atoms with van der Waals surface area (Å²) in [5.41, 5.74) is 0. The van der Waals surface area contributed by atoms with Crippen LogP contribution in [0.25, 0.3) is 0 Å². The van der Waals surface area contributed by atoms with Crippen LogP contribution in [0.2, 0.25) is 0 Å². The molecule has 1 aliphatic rings. The molecule has 0 radical (unpaired) electrons. The normalized spacial score (nSPS) is 14.5. The second-order valence-corrected chi connectivity index (χ2v) is 5.10. The molecule has 126 valence electrons. The van der Waals surface area contributed by atoms with Gasteiger partial charge in [0.2, 0.25) is 11.8 Å².